The Morgan fingerprint density at radius 2 is 2.38 bits per heavy atom. The molecule has 2 heterocycles. The fraction of sp³-hybridized carbons (Fsp3) is 0.111. The average molecular weight is 192 g/mol. The van der Waals surface area contributed by atoms with Gasteiger partial charge in [0.05, 0.1) is 12.0 Å². The van der Waals surface area contributed by atoms with Crippen molar-refractivity contribution in [3.05, 3.63) is 34.9 Å². The zero-order valence-electron chi connectivity index (χ0n) is 7.07. The van der Waals surface area contributed by atoms with Gasteiger partial charge in [-0.15, -0.1) is 0 Å². The molecule has 0 aliphatic heterocycles. The Bertz CT molecular complexity index is 459. The maximum absolute atomic E-state index is 5.22. The summed E-state index contributed by atoms with van der Waals surface area (Å²) in [7, 11) is 0. The molecule has 0 saturated carbocycles. The summed E-state index contributed by atoms with van der Waals surface area (Å²) in [6.07, 6.45) is 1.63. The molecule has 66 valence electrons. The molecule has 0 unspecified atom stereocenters. The Morgan fingerprint density at radius 3 is 3.00 bits per heavy atom. The van der Waals surface area contributed by atoms with Gasteiger partial charge in [0.15, 0.2) is 0 Å². The van der Waals surface area contributed by atoms with Crippen LogP contribution in [0.1, 0.15) is 5.82 Å². The summed E-state index contributed by atoms with van der Waals surface area (Å²) in [6.45, 7) is 1.86. The molecule has 3 nitrogen and oxygen atoms in total. The van der Waals surface area contributed by atoms with Crippen LogP contribution in [-0.4, -0.2) is 9.97 Å². The van der Waals surface area contributed by atoms with E-state index in [0.29, 0.717) is 4.64 Å². The second kappa shape index (κ2) is 3.14. The van der Waals surface area contributed by atoms with Crippen LogP contribution in [0.3, 0.4) is 0 Å². The zero-order chi connectivity index (χ0) is 9.26. The minimum atomic E-state index is 0.572. The quantitative estimate of drug-likeness (QED) is 0.706. The number of nitrogens with one attached hydrogen (secondary N) is 1. The molecule has 4 heteroatoms. The Balaban J connectivity index is 2.59. The highest BCUT2D eigenvalue weighted by Crippen LogP contribution is 2.16. The van der Waals surface area contributed by atoms with Gasteiger partial charge in [0.1, 0.15) is 16.2 Å². The summed E-state index contributed by atoms with van der Waals surface area (Å²) in [4.78, 5) is 7.14. The van der Waals surface area contributed by atoms with Gasteiger partial charge < -0.3 is 9.40 Å². The van der Waals surface area contributed by atoms with Crippen LogP contribution in [0, 0.1) is 11.6 Å². The molecule has 0 spiro atoms. The molecule has 2 aromatic rings. The van der Waals surface area contributed by atoms with Crippen LogP contribution in [0.5, 0.6) is 0 Å². The summed E-state index contributed by atoms with van der Waals surface area (Å²) < 4.78 is 5.80. The van der Waals surface area contributed by atoms with Crippen molar-refractivity contribution >= 4 is 12.2 Å². The molecule has 13 heavy (non-hydrogen) atoms. The van der Waals surface area contributed by atoms with E-state index in [4.69, 9.17) is 16.6 Å². The maximum atomic E-state index is 5.22. The van der Waals surface area contributed by atoms with Gasteiger partial charge in [-0.1, -0.05) is 12.2 Å². The number of aromatic nitrogens is 2. The van der Waals surface area contributed by atoms with E-state index >= 15 is 0 Å². The summed E-state index contributed by atoms with van der Waals surface area (Å²) >= 11 is 4.99. The first-order valence-electron chi connectivity index (χ1n) is 3.87. The molecule has 0 radical (unpaired) electrons. The molecule has 1 N–H and O–H groups in total. The van der Waals surface area contributed by atoms with Gasteiger partial charge >= 0.3 is 0 Å². The van der Waals surface area contributed by atoms with E-state index in [-0.39, 0.29) is 0 Å². The highest BCUT2D eigenvalue weighted by molar-refractivity contribution is 7.71. The van der Waals surface area contributed by atoms with E-state index < -0.39 is 0 Å². The molecular formula is C9H8N2OS. The van der Waals surface area contributed by atoms with Gasteiger partial charge in [-0.05, 0) is 19.1 Å². The van der Waals surface area contributed by atoms with E-state index in [0.717, 1.165) is 17.3 Å². The molecule has 0 aliphatic rings. The van der Waals surface area contributed by atoms with Gasteiger partial charge in [0.2, 0.25) is 0 Å². The third-order valence-corrected chi connectivity index (χ3v) is 1.86. The lowest BCUT2D eigenvalue weighted by Gasteiger charge is -1.98. The lowest BCUT2D eigenvalue weighted by molar-refractivity contribution is 0.579. The minimum Gasteiger partial charge on any atom is -0.463 e. The Hall–Kier alpha value is -1.42. The van der Waals surface area contributed by atoms with Crippen molar-refractivity contribution < 1.29 is 4.42 Å². The predicted molar refractivity (Wildman–Crippen MR) is 51.9 cm³/mol. The molecule has 0 amide bonds. The largest absolute Gasteiger partial charge is 0.463 e. The van der Waals surface area contributed by atoms with Crippen molar-refractivity contribution in [3.63, 3.8) is 0 Å². The van der Waals surface area contributed by atoms with E-state index in [1.54, 1.807) is 12.3 Å². The fourth-order valence-corrected chi connectivity index (χ4v) is 1.40. The highest BCUT2D eigenvalue weighted by Gasteiger charge is 2.00. The van der Waals surface area contributed by atoms with Crippen LogP contribution < -0.4 is 0 Å². The topological polar surface area (TPSA) is 41.8 Å². The average Bonchev–Trinajstić information content (AvgIpc) is 2.53. The number of nitrogens with zero attached hydrogens (tertiary/aromatic N) is 1. The van der Waals surface area contributed by atoms with Crippen molar-refractivity contribution in [1.29, 1.82) is 0 Å². The normalized spacial score (nSPS) is 10.2. The standard InChI is InChI=1S/C9H8N2OS/c1-6-10-7(5-9(13)11-6)8-3-2-4-12-8/h2-5H,1H3,(H,10,11,13). The van der Waals surface area contributed by atoms with E-state index in [9.17, 15) is 0 Å². The SMILES string of the molecule is Cc1nc(=S)cc(-c2ccco2)[nH]1. The second-order valence-electron chi connectivity index (χ2n) is 2.70. The number of rotatable bonds is 1. The van der Waals surface area contributed by atoms with Crippen molar-refractivity contribution in [2.75, 3.05) is 0 Å². The van der Waals surface area contributed by atoms with Gasteiger partial charge in [0.25, 0.3) is 0 Å². The van der Waals surface area contributed by atoms with Crippen molar-refractivity contribution in [2.45, 2.75) is 6.92 Å². The first-order valence-corrected chi connectivity index (χ1v) is 4.28. The number of furan rings is 1. The van der Waals surface area contributed by atoms with Crippen LogP contribution in [0.15, 0.2) is 28.9 Å². The van der Waals surface area contributed by atoms with Crippen LogP contribution in [-0.2, 0) is 0 Å². The smallest absolute Gasteiger partial charge is 0.150 e. The number of aromatic amines is 1. The first-order chi connectivity index (χ1) is 6.25. The summed E-state index contributed by atoms with van der Waals surface area (Å²) in [5.74, 6) is 1.57. The van der Waals surface area contributed by atoms with Crippen molar-refractivity contribution in [3.8, 4) is 11.5 Å². The fourth-order valence-electron chi connectivity index (χ4n) is 1.14. The third kappa shape index (κ3) is 1.67. The third-order valence-electron chi connectivity index (χ3n) is 1.65. The van der Waals surface area contributed by atoms with E-state index in [1.807, 2.05) is 19.1 Å². The Labute approximate surface area is 80.4 Å². The second-order valence-corrected chi connectivity index (χ2v) is 3.11. The van der Waals surface area contributed by atoms with Crippen LogP contribution in [0.2, 0.25) is 0 Å². The monoisotopic (exact) mass is 192 g/mol. The van der Waals surface area contributed by atoms with Crippen LogP contribution in [0.4, 0.5) is 0 Å². The van der Waals surface area contributed by atoms with Crippen molar-refractivity contribution in [1.82, 2.24) is 9.97 Å². The van der Waals surface area contributed by atoms with Gasteiger partial charge in [-0.25, -0.2) is 4.98 Å². The molecule has 0 aliphatic carbocycles. The molecule has 0 atom stereocenters. The Kier molecular flexibility index (Phi) is 1.98. The minimum absolute atomic E-state index is 0.572. The molecular weight excluding hydrogens is 184 g/mol. The van der Waals surface area contributed by atoms with Gasteiger partial charge in [-0.3, -0.25) is 0 Å². The molecule has 0 aromatic carbocycles. The Morgan fingerprint density at radius 1 is 1.54 bits per heavy atom. The number of H-pyrrole nitrogens is 1. The summed E-state index contributed by atoms with van der Waals surface area (Å²) in [6, 6.07) is 5.49. The molecule has 0 saturated heterocycles. The lowest BCUT2D eigenvalue weighted by atomic mass is 10.3. The van der Waals surface area contributed by atoms with E-state index in [2.05, 4.69) is 9.97 Å². The number of hydrogen-bond acceptors (Lipinski definition) is 3. The van der Waals surface area contributed by atoms with Crippen LogP contribution >= 0.6 is 12.2 Å². The van der Waals surface area contributed by atoms with Crippen molar-refractivity contribution in [2.24, 2.45) is 0 Å². The molecule has 0 bridgehead atoms. The number of hydrogen-bond donors (Lipinski definition) is 1. The number of aryl methyl sites for hydroxylation is 1. The molecule has 2 rings (SSSR count). The molecule has 2 aromatic heterocycles. The predicted octanol–water partition coefficient (Wildman–Crippen LogP) is 2.71. The zero-order valence-corrected chi connectivity index (χ0v) is 7.89. The van der Waals surface area contributed by atoms with Gasteiger partial charge in [-0.2, -0.15) is 0 Å². The summed E-state index contributed by atoms with van der Waals surface area (Å²) in [5, 5.41) is 0. The maximum Gasteiger partial charge on any atom is 0.150 e. The highest BCUT2D eigenvalue weighted by atomic mass is 32.1. The summed E-state index contributed by atoms with van der Waals surface area (Å²) in [5.41, 5.74) is 0.863. The first kappa shape index (κ1) is 8.19. The van der Waals surface area contributed by atoms with E-state index in [1.165, 1.54) is 0 Å². The van der Waals surface area contributed by atoms with Gasteiger partial charge in [0, 0.05) is 6.07 Å². The molecule has 0 fully saturated rings. The van der Waals surface area contributed by atoms with Crippen LogP contribution in [0.25, 0.3) is 11.5 Å². The lowest BCUT2D eigenvalue weighted by Crippen LogP contribution is -1.89.